The first-order chi connectivity index (χ1) is 8.58. The number of rotatable bonds is 3. The quantitative estimate of drug-likeness (QED) is 0.819. The molecule has 98 valence electrons. The minimum absolute atomic E-state index is 0.384. The number of aromatic nitrogens is 1. The van der Waals surface area contributed by atoms with Crippen LogP contribution < -0.4 is 5.32 Å². The van der Waals surface area contributed by atoms with Crippen LogP contribution in [-0.4, -0.2) is 11.0 Å². The molecule has 1 aromatic heterocycles. The van der Waals surface area contributed by atoms with Crippen LogP contribution in [0.4, 0.5) is 0 Å². The van der Waals surface area contributed by atoms with Crippen molar-refractivity contribution < 1.29 is 0 Å². The Hall–Kier alpha value is -1.15. The molecule has 2 atom stereocenters. The minimum atomic E-state index is 0.384. The lowest BCUT2D eigenvalue weighted by Crippen LogP contribution is -2.32. The van der Waals surface area contributed by atoms with Gasteiger partial charge in [0, 0.05) is 23.5 Å². The maximum absolute atomic E-state index is 4.59. The fourth-order valence-corrected chi connectivity index (χ4v) is 3.07. The van der Waals surface area contributed by atoms with Crippen molar-refractivity contribution in [1.82, 2.24) is 10.3 Å². The standard InChI is InChI=1S/C16H24N2/c1-11-10-12(2)17-13(3)16(11)14(4)18-15-8-6-5-7-9-15/h5-6,10,14-15,18H,7-9H2,1-4H3. The zero-order valence-corrected chi connectivity index (χ0v) is 12.0. The number of hydrogen-bond donors (Lipinski definition) is 1. The summed E-state index contributed by atoms with van der Waals surface area (Å²) in [6.45, 7) is 8.63. The van der Waals surface area contributed by atoms with Gasteiger partial charge in [0.2, 0.25) is 0 Å². The van der Waals surface area contributed by atoms with E-state index < -0.39 is 0 Å². The van der Waals surface area contributed by atoms with Gasteiger partial charge in [-0.05, 0) is 64.2 Å². The molecule has 2 nitrogen and oxygen atoms in total. The van der Waals surface area contributed by atoms with Crippen LogP contribution in [0.2, 0.25) is 0 Å². The van der Waals surface area contributed by atoms with Gasteiger partial charge in [-0.25, -0.2) is 0 Å². The Morgan fingerprint density at radius 3 is 2.67 bits per heavy atom. The highest BCUT2D eigenvalue weighted by atomic mass is 14.9. The molecule has 2 rings (SSSR count). The lowest BCUT2D eigenvalue weighted by atomic mass is 9.96. The van der Waals surface area contributed by atoms with Gasteiger partial charge >= 0.3 is 0 Å². The van der Waals surface area contributed by atoms with E-state index in [0.29, 0.717) is 12.1 Å². The predicted molar refractivity (Wildman–Crippen MR) is 76.8 cm³/mol. The molecule has 2 heteroatoms. The van der Waals surface area contributed by atoms with Crippen LogP contribution in [0.5, 0.6) is 0 Å². The topological polar surface area (TPSA) is 24.9 Å². The smallest absolute Gasteiger partial charge is 0.0426 e. The molecule has 0 fully saturated rings. The third-order valence-corrected chi connectivity index (χ3v) is 3.77. The lowest BCUT2D eigenvalue weighted by molar-refractivity contribution is 0.423. The van der Waals surface area contributed by atoms with Crippen LogP contribution in [0.3, 0.4) is 0 Å². The van der Waals surface area contributed by atoms with Crippen molar-refractivity contribution in [3.8, 4) is 0 Å². The molecule has 1 N–H and O–H groups in total. The molecule has 2 unspecified atom stereocenters. The SMILES string of the molecule is Cc1cc(C)c(C(C)NC2CC=CCC2)c(C)n1. The van der Waals surface area contributed by atoms with Gasteiger partial charge in [-0.1, -0.05) is 12.2 Å². The second-order valence-electron chi connectivity index (χ2n) is 5.45. The molecule has 1 heterocycles. The van der Waals surface area contributed by atoms with E-state index in [9.17, 15) is 0 Å². The van der Waals surface area contributed by atoms with E-state index >= 15 is 0 Å². The average Bonchev–Trinajstić information content (AvgIpc) is 2.28. The predicted octanol–water partition coefficient (Wildman–Crippen LogP) is 3.77. The van der Waals surface area contributed by atoms with Gasteiger partial charge in [0.1, 0.15) is 0 Å². The van der Waals surface area contributed by atoms with Gasteiger partial charge in [-0.2, -0.15) is 0 Å². The first-order valence-corrected chi connectivity index (χ1v) is 6.93. The summed E-state index contributed by atoms with van der Waals surface area (Å²) in [6.07, 6.45) is 8.18. The van der Waals surface area contributed by atoms with Gasteiger partial charge in [0.25, 0.3) is 0 Å². The normalized spacial score (nSPS) is 21.0. The van der Waals surface area contributed by atoms with Gasteiger partial charge in [-0.15, -0.1) is 0 Å². The Morgan fingerprint density at radius 1 is 1.28 bits per heavy atom. The molecular formula is C16H24N2. The summed E-state index contributed by atoms with van der Waals surface area (Å²) in [5.74, 6) is 0. The van der Waals surface area contributed by atoms with Crippen molar-refractivity contribution >= 4 is 0 Å². The molecule has 0 spiro atoms. The third kappa shape index (κ3) is 2.99. The molecule has 18 heavy (non-hydrogen) atoms. The lowest BCUT2D eigenvalue weighted by Gasteiger charge is -2.26. The van der Waals surface area contributed by atoms with E-state index in [4.69, 9.17) is 0 Å². The Balaban J connectivity index is 2.13. The van der Waals surface area contributed by atoms with Gasteiger partial charge < -0.3 is 5.32 Å². The number of aryl methyl sites for hydroxylation is 3. The minimum Gasteiger partial charge on any atom is -0.307 e. The molecule has 0 aromatic carbocycles. The molecule has 0 radical (unpaired) electrons. The van der Waals surface area contributed by atoms with Crippen LogP contribution in [0.25, 0.3) is 0 Å². The van der Waals surface area contributed by atoms with E-state index in [1.807, 2.05) is 0 Å². The van der Waals surface area contributed by atoms with Crippen LogP contribution in [0.15, 0.2) is 18.2 Å². The number of pyridine rings is 1. The van der Waals surface area contributed by atoms with Crippen molar-refractivity contribution in [2.24, 2.45) is 0 Å². The van der Waals surface area contributed by atoms with Crippen LogP contribution in [0, 0.1) is 20.8 Å². The summed E-state index contributed by atoms with van der Waals surface area (Å²) in [7, 11) is 0. The van der Waals surface area contributed by atoms with Crippen molar-refractivity contribution in [2.75, 3.05) is 0 Å². The molecule has 1 aliphatic rings. The van der Waals surface area contributed by atoms with Crippen LogP contribution >= 0.6 is 0 Å². The van der Waals surface area contributed by atoms with Crippen molar-refractivity contribution in [2.45, 2.75) is 59.0 Å². The highest BCUT2D eigenvalue weighted by molar-refractivity contribution is 5.33. The maximum atomic E-state index is 4.59. The Kier molecular flexibility index (Phi) is 4.18. The first-order valence-electron chi connectivity index (χ1n) is 6.93. The monoisotopic (exact) mass is 244 g/mol. The summed E-state index contributed by atoms with van der Waals surface area (Å²) in [5, 5.41) is 3.74. The molecule has 0 saturated heterocycles. The van der Waals surface area contributed by atoms with Crippen LogP contribution in [-0.2, 0) is 0 Å². The van der Waals surface area contributed by atoms with Gasteiger partial charge in [0.05, 0.1) is 0 Å². The number of nitrogens with zero attached hydrogens (tertiary/aromatic N) is 1. The average molecular weight is 244 g/mol. The molecule has 0 amide bonds. The van der Waals surface area contributed by atoms with Crippen molar-refractivity contribution in [3.05, 3.63) is 40.7 Å². The summed E-state index contributed by atoms with van der Waals surface area (Å²) >= 11 is 0. The van der Waals surface area contributed by atoms with E-state index in [0.717, 1.165) is 12.1 Å². The second-order valence-corrected chi connectivity index (χ2v) is 5.45. The van der Waals surface area contributed by atoms with Gasteiger partial charge in [0.15, 0.2) is 0 Å². The summed E-state index contributed by atoms with van der Waals surface area (Å²) in [6, 6.07) is 3.18. The molecule has 0 bridgehead atoms. The van der Waals surface area contributed by atoms with Crippen molar-refractivity contribution in [3.63, 3.8) is 0 Å². The number of allylic oxidation sites excluding steroid dienone is 1. The third-order valence-electron chi connectivity index (χ3n) is 3.77. The Morgan fingerprint density at radius 2 is 2.06 bits per heavy atom. The largest absolute Gasteiger partial charge is 0.307 e. The van der Waals surface area contributed by atoms with E-state index in [1.165, 1.54) is 29.7 Å². The molecule has 1 aromatic rings. The Labute approximate surface area is 111 Å². The first kappa shape index (κ1) is 13.3. The highest BCUT2D eigenvalue weighted by Crippen LogP contribution is 2.23. The molecular weight excluding hydrogens is 220 g/mol. The molecule has 1 aliphatic carbocycles. The molecule has 0 saturated carbocycles. The fraction of sp³-hybridized carbons (Fsp3) is 0.562. The highest BCUT2D eigenvalue weighted by Gasteiger charge is 2.17. The second kappa shape index (κ2) is 5.66. The fourth-order valence-electron chi connectivity index (χ4n) is 3.07. The van der Waals surface area contributed by atoms with E-state index in [1.54, 1.807) is 0 Å². The van der Waals surface area contributed by atoms with Crippen molar-refractivity contribution in [1.29, 1.82) is 0 Å². The zero-order valence-electron chi connectivity index (χ0n) is 12.0. The summed E-state index contributed by atoms with van der Waals surface area (Å²) < 4.78 is 0. The summed E-state index contributed by atoms with van der Waals surface area (Å²) in [5.41, 5.74) is 5.00. The summed E-state index contributed by atoms with van der Waals surface area (Å²) in [4.78, 5) is 4.59. The van der Waals surface area contributed by atoms with E-state index in [-0.39, 0.29) is 0 Å². The molecule has 0 aliphatic heterocycles. The van der Waals surface area contributed by atoms with Crippen LogP contribution in [0.1, 0.15) is 54.7 Å². The Bertz CT molecular complexity index is 425. The van der Waals surface area contributed by atoms with Gasteiger partial charge in [-0.3, -0.25) is 4.98 Å². The van der Waals surface area contributed by atoms with E-state index in [2.05, 4.69) is 56.2 Å². The number of nitrogens with one attached hydrogen (secondary N) is 1. The maximum Gasteiger partial charge on any atom is 0.0426 e. The number of hydrogen-bond acceptors (Lipinski definition) is 2. The zero-order chi connectivity index (χ0) is 13.1.